The average Bonchev–Trinajstić information content (AvgIpc) is 3.94. The van der Waals surface area contributed by atoms with E-state index in [-0.39, 0.29) is 72.8 Å². The number of nitrogens with two attached hydrogens (primary N) is 1. The largest absolute Gasteiger partial charge is 0.354 e. The van der Waals surface area contributed by atoms with Crippen LogP contribution >= 0.6 is 0 Å². The molecule has 70 heavy (non-hydrogen) atoms. The van der Waals surface area contributed by atoms with Gasteiger partial charge in [0.1, 0.15) is 17.7 Å². The Morgan fingerprint density at radius 1 is 0.743 bits per heavy atom. The van der Waals surface area contributed by atoms with Gasteiger partial charge in [0.15, 0.2) is 22.3 Å². The van der Waals surface area contributed by atoms with E-state index in [4.69, 9.17) is 30.7 Å². The number of nitrogens with zero attached hydrogens (tertiary/aromatic N) is 13. The van der Waals surface area contributed by atoms with Crippen LogP contribution in [-0.2, 0) is 52.2 Å². The summed E-state index contributed by atoms with van der Waals surface area (Å²) in [6.07, 6.45) is 3.96. The van der Waals surface area contributed by atoms with E-state index in [2.05, 4.69) is 44.5 Å². The van der Waals surface area contributed by atoms with Gasteiger partial charge >= 0.3 is 11.4 Å². The van der Waals surface area contributed by atoms with E-state index in [1.165, 1.54) is 13.7 Å². The van der Waals surface area contributed by atoms with Gasteiger partial charge in [0.05, 0.1) is 49.5 Å². The Bertz CT molecular complexity index is 3660. The topological polar surface area (TPSA) is 234 Å². The predicted molar refractivity (Wildman–Crippen MR) is 270 cm³/mol. The van der Waals surface area contributed by atoms with Crippen LogP contribution in [0.25, 0.3) is 33.2 Å². The van der Waals surface area contributed by atoms with Gasteiger partial charge in [0.25, 0.3) is 11.1 Å². The summed E-state index contributed by atoms with van der Waals surface area (Å²) in [6.45, 7) is 8.23. The van der Waals surface area contributed by atoms with E-state index in [1.54, 1.807) is 37.1 Å². The molecule has 0 aliphatic carbocycles. The summed E-state index contributed by atoms with van der Waals surface area (Å²) in [4.78, 5) is 87.0. The van der Waals surface area contributed by atoms with E-state index in [0.29, 0.717) is 48.6 Å². The molecule has 20 nitrogen and oxygen atoms in total. The lowest BCUT2D eigenvalue weighted by Gasteiger charge is -2.34. The highest BCUT2D eigenvalue weighted by molar-refractivity contribution is 5.98. The third-order valence-corrected chi connectivity index (χ3v) is 13.8. The van der Waals surface area contributed by atoms with Gasteiger partial charge < -0.3 is 26.6 Å². The van der Waals surface area contributed by atoms with Crippen molar-refractivity contribution in [1.29, 1.82) is 0 Å². The molecule has 0 spiro atoms. The number of quaternary nitrogens is 1. The average molecular weight is 946 g/mol. The van der Waals surface area contributed by atoms with Crippen molar-refractivity contribution < 1.29 is 5.73 Å². The van der Waals surface area contributed by atoms with E-state index in [1.807, 2.05) is 55.5 Å². The summed E-state index contributed by atoms with van der Waals surface area (Å²) in [5.74, 6) is 13.9. The molecule has 0 bridgehead atoms. The van der Waals surface area contributed by atoms with Gasteiger partial charge in [0, 0.05) is 69.3 Å². The molecule has 2 saturated heterocycles. The number of benzene rings is 2. The first kappa shape index (κ1) is 45.9. The molecule has 0 amide bonds. The van der Waals surface area contributed by atoms with Crippen LogP contribution in [0.15, 0.2) is 72.7 Å². The normalized spacial score (nSPS) is 19.1. The predicted octanol–water partition coefficient (Wildman–Crippen LogP) is 1.27. The van der Waals surface area contributed by atoms with Crippen LogP contribution in [0.3, 0.4) is 0 Å². The van der Waals surface area contributed by atoms with E-state index in [0.717, 1.165) is 53.4 Å². The molecule has 8 heterocycles. The van der Waals surface area contributed by atoms with Gasteiger partial charge in [-0.3, -0.25) is 42.0 Å². The highest BCUT2D eigenvalue weighted by Gasteiger charge is 2.36. The number of aryl methyl sites for hydroxylation is 2. The fraction of sp³-hybridized carbons (Fsp3) is 0.420. The van der Waals surface area contributed by atoms with Crippen LogP contribution in [0.1, 0.15) is 63.5 Å². The summed E-state index contributed by atoms with van der Waals surface area (Å²) in [6, 6.07) is 15.5. The van der Waals surface area contributed by atoms with Crippen molar-refractivity contribution in [2.45, 2.75) is 96.7 Å². The highest BCUT2D eigenvalue weighted by atomic mass is 16.2. The number of imidazole rings is 2. The number of fused-ring (bicyclic) bond motifs is 4. The SMILES string of the molecule is CC#CCn1c(N2CCCC(N)C2)nc2c1c(=O)n(CC1=NC(C)(Cc3nc(Cn4c(=O)c5c(nc(N6CCCC([NH3+])C6)n5CC#CC)n(C)c4=O)nc4ccccc34)c3ccccc3N1)c(=O)n2C. The molecular formula is C50H57N16O4+. The van der Waals surface area contributed by atoms with Crippen LogP contribution in [0.2, 0.25) is 0 Å². The number of amidine groups is 1. The van der Waals surface area contributed by atoms with Crippen LogP contribution < -0.4 is 49.1 Å². The number of nitrogens with one attached hydrogen (secondary N) is 1. The van der Waals surface area contributed by atoms with E-state index in [9.17, 15) is 19.2 Å². The van der Waals surface area contributed by atoms with Crippen molar-refractivity contribution in [3.63, 3.8) is 0 Å². The van der Waals surface area contributed by atoms with Crippen molar-refractivity contribution in [3.05, 3.63) is 107 Å². The molecular weight excluding hydrogens is 889 g/mol. The number of aliphatic imine (C=N–C) groups is 1. The zero-order valence-electron chi connectivity index (χ0n) is 40.2. The minimum atomic E-state index is -0.986. The number of anilines is 3. The van der Waals surface area contributed by atoms with Gasteiger partial charge in [-0.05, 0) is 52.2 Å². The smallest absolute Gasteiger partial charge is 0.332 e. The molecule has 3 aliphatic heterocycles. The zero-order chi connectivity index (χ0) is 49.0. The second kappa shape index (κ2) is 18.3. The van der Waals surface area contributed by atoms with Gasteiger partial charge in [-0.25, -0.2) is 19.6 Å². The van der Waals surface area contributed by atoms with Crippen molar-refractivity contribution in [3.8, 4) is 23.7 Å². The van der Waals surface area contributed by atoms with Crippen molar-refractivity contribution in [2.75, 3.05) is 41.3 Å². The number of aromatic nitrogens is 10. The first-order valence-corrected chi connectivity index (χ1v) is 23.8. The number of para-hydroxylation sites is 2. The van der Waals surface area contributed by atoms with E-state index < -0.39 is 28.0 Å². The molecule has 7 aromatic rings. The van der Waals surface area contributed by atoms with Gasteiger partial charge in [0.2, 0.25) is 11.9 Å². The lowest BCUT2D eigenvalue weighted by atomic mass is 9.84. The van der Waals surface area contributed by atoms with Crippen LogP contribution in [0, 0.1) is 23.7 Å². The molecule has 10 rings (SSSR count). The molecule has 0 radical (unpaired) electrons. The molecule has 6 N–H and O–H groups in total. The Morgan fingerprint density at radius 3 is 1.96 bits per heavy atom. The maximum atomic E-state index is 14.7. The quantitative estimate of drug-likeness (QED) is 0.165. The Labute approximate surface area is 402 Å². The molecule has 5 aromatic heterocycles. The molecule has 2 aromatic carbocycles. The molecule has 0 saturated carbocycles. The molecule has 3 atom stereocenters. The highest BCUT2D eigenvalue weighted by Crippen LogP contribution is 2.39. The number of rotatable bonds is 10. The number of hydrogen-bond acceptors (Lipinski definition) is 13. The summed E-state index contributed by atoms with van der Waals surface area (Å²) in [5.41, 5.74) is 11.5. The number of hydrogen-bond donors (Lipinski definition) is 3. The maximum absolute atomic E-state index is 14.7. The zero-order valence-corrected chi connectivity index (χ0v) is 40.2. The van der Waals surface area contributed by atoms with Gasteiger partial charge in [-0.15, -0.1) is 11.8 Å². The maximum Gasteiger partial charge on any atom is 0.332 e. The van der Waals surface area contributed by atoms with Crippen molar-refractivity contribution in [1.82, 2.24) is 47.3 Å². The van der Waals surface area contributed by atoms with Crippen LogP contribution in [0.5, 0.6) is 0 Å². The Balaban J connectivity index is 1.05. The third kappa shape index (κ3) is 8.02. The van der Waals surface area contributed by atoms with Crippen LogP contribution in [-0.4, -0.2) is 91.4 Å². The minimum Gasteiger partial charge on any atom is -0.354 e. The summed E-state index contributed by atoms with van der Waals surface area (Å²) >= 11 is 0. The second-order valence-electron chi connectivity index (χ2n) is 18.7. The molecule has 360 valence electrons. The Kier molecular flexibility index (Phi) is 12.0. The summed E-state index contributed by atoms with van der Waals surface area (Å²) in [7, 11) is 3.23. The monoisotopic (exact) mass is 945 g/mol. The fourth-order valence-electron chi connectivity index (χ4n) is 10.4. The van der Waals surface area contributed by atoms with Gasteiger partial charge in [-0.2, -0.15) is 9.97 Å². The fourth-order valence-corrected chi connectivity index (χ4v) is 10.4. The molecule has 3 aliphatic rings. The summed E-state index contributed by atoms with van der Waals surface area (Å²) < 4.78 is 8.75. The Hall–Kier alpha value is -7.81. The molecule has 3 unspecified atom stereocenters. The van der Waals surface area contributed by atoms with E-state index >= 15 is 0 Å². The molecule has 2 fully saturated rings. The number of piperidine rings is 2. The summed E-state index contributed by atoms with van der Waals surface area (Å²) in [5, 5.41) is 4.19. The van der Waals surface area contributed by atoms with Gasteiger partial charge in [-0.1, -0.05) is 48.2 Å². The second-order valence-corrected chi connectivity index (χ2v) is 18.7. The minimum absolute atomic E-state index is 0.0453. The lowest BCUT2D eigenvalue weighted by Crippen LogP contribution is -2.67. The Morgan fingerprint density at radius 2 is 1.33 bits per heavy atom. The standard InChI is InChI=1S/C50H56N16O4/c1-6-8-24-63-40-42(56-46(63)61-22-14-16-31(51)27-61)59(4)48(69)65(44(40)67)29-38-53-35-20-12-10-18-33(35)37(55-38)26-50(3)34-19-11-13-21-36(34)54-39(58-50)30-66-45(68)41-43(60(5)49(66)70)57-47(64(41)25-9-7-2)62-23-15-17-32(52)28-62/h10-13,18-21,31-32H,14-17,22-30,51-52H2,1-5H3,(H,54,58)/p+1. The lowest BCUT2D eigenvalue weighted by molar-refractivity contribution is -0.419. The first-order valence-electron chi connectivity index (χ1n) is 23.8. The van der Waals surface area contributed by atoms with Crippen molar-refractivity contribution >= 4 is 56.7 Å². The van der Waals surface area contributed by atoms with Crippen LogP contribution in [0.4, 0.5) is 17.6 Å². The van der Waals surface area contributed by atoms with Crippen molar-refractivity contribution in [2.24, 2.45) is 24.8 Å². The first-order chi connectivity index (χ1) is 33.8. The molecule has 20 heteroatoms. The third-order valence-electron chi connectivity index (χ3n) is 13.8.